The first-order valence-corrected chi connectivity index (χ1v) is 6.66. The largest absolute Gasteiger partial charge is 0.329 e. The van der Waals surface area contributed by atoms with Crippen LogP contribution in [0.4, 0.5) is 0 Å². The van der Waals surface area contributed by atoms with Gasteiger partial charge in [-0.25, -0.2) is 0 Å². The molecule has 0 atom stereocenters. The molecule has 0 aliphatic carbocycles. The summed E-state index contributed by atoms with van der Waals surface area (Å²) in [4.78, 5) is 6.70. The zero-order chi connectivity index (χ0) is 13.5. The van der Waals surface area contributed by atoms with Crippen molar-refractivity contribution in [2.75, 3.05) is 13.1 Å². The summed E-state index contributed by atoms with van der Waals surface area (Å²) in [5.41, 5.74) is 9.40. The summed E-state index contributed by atoms with van der Waals surface area (Å²) in [5.74, 6) is 0. The van der Waals surface area contributed by atoms with E-state index in [0.29, 0.717) is 6.54 Å². The third kappa shape index (κ3) is 4.93. The van der Waals surface area contributed by atoms with E-state index in [-0.39, 0.29) is 12.4 Å². The second kappa shape index (κ2) is 8.69. The van der Waals surface area contributed by atoms with Gasteiger partial charge in [0.05, 0.1) is 0 Å². The summed E-state index contributed by atoms with van der Waals surface area (Å²) in [7, 11) is 0. The van der Waals surface area contributed by atoms with Crippen molar-refractivity contribution >= 4 is 12.4 Å². The Morgan fingerprint density at radius 2 is 1.80 bits per heavy atom. The molecule has 108 valence electrons. The second-order valence-electron chi connectivity index (χ2n) is 4.73. The van der Waals surface area contributed by atoms with Gasteiger partial charge in [0.25, 0.3) is 0 Å². The van der Waals surface area contributed by atoms with Crippen molar-refractivity contribution in [2.24, 2.45) is 5.73 Å². The molecule has 0 amide bonds. The zero-order valence-electron chi connectivity index (χ0n) is 11.8. The number of aryl methyl sites for hydroxylation is 1. The van der Waals surface area contributed by atoms with Crippen molar-refractivity contribution in [1.29, 1.82) is 0 Å². The lowest BCUT2D eigenvalue weighted by molar-refractivity contribution is 0.263. The van der Waals surface area contributed by atoms with Crippen LogP contribution in [0, 0.1) is 6.92 Å². The highest BCUT2D eigenvalue weighted by molar-refractivity contribution is 5.85. The molecule has 2 aromatic rings. The van der Waals surface area contributed by atoms with E-state index in [1.54, 1.807) is 0 Å². The Balaban J connectivity index is 0.00000200. The fourth-order valence-corrected chi connectivity index (χ4v) is 2.16. The van der Waals surface area contributed by atoms with Crippen molar-refractivity contribution in [3.8, 4) is 0 Å². The smallest absolute Gasteiger partial charge is 0.0417 e. The molecule has 4 heteroatoms. The van der Waals surface area contributed by atoms with Crippen LogP contribution in [0.1, 0.15) is 16.8 Å². The van der Waals surface area contributed by atoms with E-state index < -0.39 is 0 Å². The number of pyridine rings is 1. The Kier molecular flexibility index (Phi) is 7.23. The van der Waals surface area contributed by atoms with E-state index in [2.05, 4.69) is 47.1 Å². The van der Waals surface area contributed by atoms with Gasteiger partial charge in [-0.05, 0) is 24.1 Å². The molecule has 1 heterocycles. The van der Waals surface area contributed by atoms with Crippen LogP contribution in [-0.4, -0.2) is 23.0 Å². The summed E-state index contributed by atoms with van der Waals surface area (Å²) in [6, 6.07) is 14.6. The van der Waals surface area contributed by atoms with E-state index in [0.717, 1.165) is 25.3 Å². The monoisotopic (exact) mass is 291 g/mol. The Bertz CT molecular complexity index is 502. The molecule has 2 rings (SSSR count). The van der Waals surface area contributed by atoms with E-state index in [1.165, 1.54) is 11.1 Å². The number of hydrogen-bond donors (Lipinski definition) is 1. The van der Waals surface area contributed by atoms with Crippen LogP contribution >= 0.6 is 12.4 Å². The Hall–Kier alpha value is -1.42. The molecule has 0 bridgehead atoms. The SMILES string of the molecule is Cc1ncccc1CN(CCN)Cc1ccccc1.Cl. The molecular weight excluding hydrogens is 270 g/mol. The van der Waals surface area contributed by atoms with Crippen LogP contribution in [-0.2, 0) is 13.1 Å². The van der Waals surface area contributed by atoms with Gasteiger partial charge < -0.3 is 5.73 Å². The summed E-state index contributed by atoms with van der Waals surface area (Å²) in [5, 5.41) is 0. The molecule has 2 N–H and O–H groups in total. The first kappa shape index (κ1) is 16.6. The second-order valence-corrected chi connectivity index (χ2v) is 4.73. The molecule has 0 spiro atoms. The number of benzene rings is 1. The number of nitrogens with two attached hydrogens (primary N) is 1. The lowest BCUT2D eigenvalue weighted by Crippen LogP contribution is -2.29. The van der Waals surface area contributed by atoms with Gasteiger partial charge in [0.2, 0.25) is 0 Å². The van der Waals surface area contributed by atoms with Crippen molar-refractivity contribution < 1.29 is 0 Å². The zero-order valence-corrected chi connectivity index (χ0v) is 12.6. The topological polar surface area (TPSA) is 42.2 Å². The third-order valence-electron chi connectivity index (χ3n) is 3.20. The maximum atomic E-state index is 5.72. The van der Waals surface area contributed by atoms with E-state index in [9.17, 15) is 0 Å². The van der Waals surface area contributed by atoms with Crippen molar-refractivity contribution in [2.45, 2.75) is 20.0 Å². The minimum atomic E-state index is 0. The highest BCUT2D eigenvalue weighted by atomic mass is 35.5. The predicted molar refractivity (Wildman–Crippen MR) is 85.8 cm³/mol. The molecule has 0 unspecified atom stereocenters. The fraction of sp³-hybridized carbons (Fsp3) is 0.312. The van der Waals surface area contributed by atoms with Crippen LogP contribution in [0.25, 0.3) is 0 Å². The lowest BCUT2D eigenvalue weighted by atomic mass is 10.1. The normalized spacial score (nSPS) is 10.3. The highest BCUT2D eigenvalue weighted by Gasteiger charge is 2.08. The quantitative estimate of drug-likeness (QED) is 0.890. The average molecular weight is 292 g/mol. The highest BCUT2D eigenvalue weighted by Crippen LogP contribution is 2.11. The van der Waals surface area contributed by atoms with Crippen LogP contribution in [0.2, 0.25) is 0 Å². The molecule has 0 aliphatic rings. The summed E-state index contributed by atoms with van der Waals surface area (Å²) >= 11 is 0. The standard InChI is InChI=1S/C16H21N3.ClH/c1-14-16(8-5-10-18-14)13-19(11-9-17)12-15-6-3-2-4-7-15;/h2-8,10H,9,11-13,17H2,1H3;1H. The van der Waals surface area contributed by atoms with Crippen molar-refractivity contribution in [3.05, 3.63) is 65.5 Å². The first-order valence-electron chi connectivity index (χ1n) is 6.66. The van der Waals surface area contributed by atoms with Gasteiger partial charge >= 0.3 is 0 Å². The predicted octanol–water partition coefficient (Wildman–Crippen LogP) is 2.77. The number of aromatic nitrogens is 1. The molecule has 0 saturated carbocycles. The van der Waals surface area contributed by atoms with Gasteiger partial charge in [-0.1, -0.05) is 36.4 Å². The maximum Gasteiger partial charge on any atom is 0.0417 e. The van der Waals surface area contributed by atoms with Crippen LogP contribution < -0.4 is 5.73 Å². The summed E-state index contributed by atoms with van der Waals surface area (Å²) in [6.07, 6.45) is 1.84. The van der Waals surface area contributed by atoms with Gasteiger partial charge in [0.15, 0.2) is 0 Å². The van der Waals surface area contributed by atoms with Gasteiger partial charge in [0, 0.05) is 38.1 Å². The van der Waals surface area contributed by atoms with Crippen LogP contribution in [0.3, 0.4) is 0 Å². The average Bonchev–Trinajstić information content (AvgIpc) is 2.43. The molecule has 1 aromatic carbocycles. The maximum absolute atomic E-state index is 5.72. The van der Waals surface area contributed by atoms with Crippen molar-refractivity contribution in [3.63, 3.8) is 0 Å². The van der Waals surface area contributed by atoms with E-state index >= 15 is 0 Å². The minimum Gasteiger partial charge on any atom is -0.329 e. The number of nitrogens with zero attached hydrogens (tertiary/aromatic N) is 2. The molecular formula is C16H22ClN3. The molecule has 0 fully saturated rings. The Labute approximate surface area is 127 Å². The third-order valence-corrected chi connectivity index (χ3v) is 3.20. The van der Waals surface area contributed by atoms with E-state index in [1.807, 2.05) is 18.3 Å². The molecule has 0 aliphatic heterocycles. The summed E-state index contributed by atoms with van der Waals surface area (Å²) in [6.45, 7) is 5.44. The first-order chi connectivity index (χ1) is 9.29. The summed E-state index contributed by atoms with van der Waals surface area (Å²) < 4.78 is 0. The van der Waals surface area contributed by atoms with Gasteiger partial charge in [-0.15, -0.1) is 12.4 Å². The minimum absolute atomic E-state index is 0. The number of halogens is 1. The van der Waals surface area contributed by atoms with Gasteiger partial charge in [0.1, 0.15) is 0 Å². The molecule has 0 saturated heterocycles. The fourth-order valence-electron chi connectivity index (χ4n) is 2.16. The van der Waals surface area contributed by atoms with E-state index in [4.69, 9.17) is 5.73 Å². The molecule has 20 heavy (non-hydrogen) atoms. The number of hydrogen-bond acceptors (Lipinski definition) is 3. The van der Waals surface area contributed by atoms with Crippen molar-refractivity contribution in [1.82, 2.24) is 9.88 Å². The molecule has 0 radical (unpaired) electrons. The van der Waals surface area contributed by atoms with Crippen LogP contribution in [0.15, 0.2) is 48.7 Å². The van der Waals surface area contributed by atoms with Crippen LogP contribution in [0.5, 0.6) is 0 Å². The van der Waals surface area contributed by atoms with Gasteiger partial charge in [-0.3, -0.25) is 9.88 Å². The Morgan fingerprint density at radius 3 is 2.45 bits per heavy atom. The lowest BCUT2D eigenvalue weighted by Gasteiger charge is -2.22. The van der Waals surface area contributed by atoms with Gasteiger partial charge in [-0.2, -0.15) is 0 Å². The number of rotatable bonds is 6. The molecule has 3 nitrogen and oxygen atoms in total. The molecule has 1 aromatic heterocycles. The Morgan fingerprint density at radius 1 is 1.05 bits per heavy atom.